The number of hydrogen-bond acceptors (Lipinski definition) is 2. The average molecular weight is 151 g/mol. The molecule has 1 aromatic rings. The molecule has 1 aromatic carbocycles. The molecule has 0 N–H and O–H groups in total. The highest BCUT2D eigenvalue weighted by Gasteiger charge is 1.85. The van der Waals surface area contributed by atoms with Gasteiger partial charge in [-0.15, -0.1) is 9.24 Å². The Morgan fingerprint density at radius 1 is 1.30 bits per heavy atom. The van der Waals surface area contributed by atoms with Crippen LogP contribution in [0.25, 0.3) is 0 Å². The van der Waals surface area contributed by atoms with E-state index in [9.17, 15) is 4.79 Å². The Hall–Kier alpha value is -0.970. The summed E-state index contributed by atoms with van der Waals surface area (Å²) in [6.07, 6.45) is 1.47. The third kappa shape index (κ3) is 1.77. The monoisotopic (exact) mass is 151 g/mol. The average Bonchev–Trinajstić information content (AvgIpc) is 1.95. The molecule has 0 saturated heterocycles. The number of isocyanates is 1. The Morgan fingerprint density at radius 3 is 2.40 bits per heavy atom. The minimum atomic E-state index is 0.640. The third-order valence-electron chi connectivity index (χ3n) is 1.07. The van der Waals surface area contributed by atoms with E-state index in [2.05, 4.69) is 14.2 Å². The molecular formula is C7H6NOP. The van der Waals surface area contributed by atoms with Gasteiger partial charge in [0.1, 0.15) is 0 Å². The molecule has 0 spiro atoms. The summed E-state index contributed by atoms with van der Waals surface area (Å²) in [7, 11) is 2.55. The molecule has 0 aliphatic rings. The van der Waals surface area contributed by atoms with Crippen LogP contribution in [-0.4, -0.2) is 6.08 Å². The van der Waals surface area contributed by atoms with Crippen LogP contribution in [0.2, 0.25) is 0 Å². The Balaban J connectivity index is 3.00. The largest absolute Gasteiger partial charge is 0.240 e. The molecule has 1 unspecified atom stereocenters. The Morgan fingerprint density at radius 2 is 1.90 bits per heavy atom. The first-order chi connectivity index (χ1) is 4.83. The normalized spacial score (nSPS) is 8.50. The lowest BCUT2D eigenvalue weighted by molar-refractivity contribution is 0.565. The topological polar surface area (TPSA) is 29.4 Å². The molecule has 2 nitrogen and oxygen atoms in total. The summed E-state index contributed by atoms with van der Waals surface area (Å²) in [6, 6.07) is 7.24. The molecule has 0 fully saturated rings. The van der Waals surface area contributed by atoms with Crippen molar-refractivity contribution in [3.8, 4) is 0 Å². The van der Waals surface area contributed by atoms with Gasteiger partial charge in [-0.3, -0.25) is 0 Å². The SMILES string of the molecule is O=C=Nc1ccc(P)cc1. The van der Waals surface area contributed by atoms with Crippen molar-refractivity contribution in [3.05, 3.63) is 24.3 Å². The van der Waals surface area contributed by atoms with Gasteiger partial charge in [-0.25, -0.2) is 4.79 Å². The van der Waals surface area contributed by atoms with Crippen LogP contribution in [0.15, 0.2) is 29.3 Å². The highest BCUT2D eigenvalue weighted by atomic mass is 31.0. The molecule has 0 aromatic heterocycles. The number of nitrogens with zero attached hydrogens (tertiary/aromatic N) is 1. The lowest BCUT2D eigenvalue weighted by Gasteiger charge is -1.89. The van der Waals surface area contributed by atoms with Crippen molar-refractivity contribution in [1.82, 2.24) is 0 Å². The van der Waals surface area contributed by atoms with Gasteiger partial charge < -0.3 is 0 Å². The van der Waals surface area contributed by atoms with E-state index in [1.54, 1.807) is 12.1 Å². The fraction of sp³-hybridized carbons (Fsp3) is 0. The van der Waals surface area contributed by atoms with E-state index >= 15 is 0 Å². The first-order valence-electron chi connectivity index (χ1n) is 2.76. The summed E-state index contributed by atoms with van der Waals surface area (Å²) in [5, 5.41) is 1.07. The maximum Gasteiger partial charge on any atom is 0.240 e. The second-order valence-corrected chi connectivity index (χ2v) is 2.46. The number of aliphatic imine (C=N–C) groups is 1. The first-order valence-corrected chi connectivity index (χ1v) is 3.34. The molecule has 1 rings (SSSR count). The van der Waals surface area contributed by atoms with Crippen LogP contribution in [0.3, 0.4) is 0 Å². The summed E-state index contributed by atoms with van der Waals surface area (Å²) in [4.78, 5) is 13.2. The van der Waals surface area contributed by atoms with E-state index in [0.29, 0.717) is 5.69 Å². The van der Waals surface area contributed by atoms with Crippen molar-refractivity contribution in [2.24, 2.45) is 4.99 Å². The third-order valence-corrected chi connectivity index (χ3v) is 1.45. The van der Waals surface area contributed by atoms with Crippen molar-refractivity contribution in [2.45, 2.75) is 0 Å². The van der Waals surface area contributed by atoms with Crippen LogP contribution < -0.4 is 5.30 Å². The highest BCUT2D eigenvalue weighted by Crippen LogP contribution is 2.07. The van der Waals surface area contributed by atoms with Gasteiger partial charge in [-0.2, -0.15) is 4.99 Å². The van der Waals surface area contributed by atoms with Gasteiger partial charge in [0.05, 0.1) is 5.69 Å². The number of carbonyl (C=O) groups excluding carboxylic acids is 1. The van der Waals surface area contributed by atoms with Gasteiger partial charge in [0.25, 0.3) is 0 Å². The number of benzene rings is 1. The lowest BCUT2D eigenvalue weighted by atomic mass is 10.3. The van der Waals surface area contributed by atoms with Crippen molar-refractivity contribution in [1.29, 1.82) is 0 Å². The molecule has 0 radical (unpaired) electrons. The van der Waals surface area contributed by atoms with Crippen LogP contribution in [0.1, 0.15) is 0 Å². The summed E-state index contributed by atoms with van der Waals surface area (Å²) >= 11 is 0. The molecule has 10 heavy (non-hydrogen) atoms. The van der Waals surface area contributed by atoms with E-state index in [0.717, 1.165) is 5.30 Å². The highest BCUT2D eigenvalue weighted by molar-refractivity contribution is 7.27. The minimum Gasteiger partial charge on any atom is -0.211 e. The van der Waals surface area contributed by atoms with Gasteiger partial charge in [0, 0.05) is 0 Å². The van der Waals surface area contributed by atoms with Crippen molar-refractivity contribution in [3.63, 3.8) is 0 Å². The molecule has 0 aliphatic carbocycles. The second kappa shape index (κ2) is 3.26. The summed E-state index contributed by atoms with van der Waals surface area (Å²) in [5.74, 6) is 0. The van der Waals surface area contributed by atoms with Crippen LogP contribution in [0.5, 0.6) is 0 Å². The molecule has 50 valence electrons. The number of rotatable bonds is 1. The molecular weight excluding hydrogens is 145 g/mol. The van der Waals surface area contributed by atoms with E-state index < -0.39 is 0 Å². The van der Waals surface area contributed by atoms with Gasteiger partial charge >= 0.3 is 0 Å². The standard InChI is InChI=1S/C7H6NOP/c9-5-8-6-1-3-7(10)4-2-6/h1-4H,10H2. The zero-order chi connectivity index (χ0) is 7.40. The Labute approximate surface area is 61.2 Å². The molecule has 0 saturated carbocycles. The van der Waals surface area contributed by atoms with Crippen LogP contribution in [0, 0.1) is 0 Å². The maximum atomic E-state index is 9.76. The van der Waals surface area contributed by atoms with Crippen molar-refractivity contribution >= 4 is 26.3 Å². The van der Waals surface area contributed by atoms with Gasteiger partial charge in [-0.1, -0.05) is 12.1 Å². The molecule has 1 atom stereocenters. The number of hydrogen-bond donors (Lipinski definition) is 0. The van der Waals surface area contributed by atoms with E-state index in [1.165, 1.54) is 6.08 Å². The second-order valence-electron chi connectivity index (χ2n) is 1.79. The predicted octanol–water partition coefficient (Wildman–Crippen LogP) is 1.15. The summed E-state index contributed by atoms with van der Waals surface area (Å²) < 4.78 is 0. The molecule has 0 aliphatic heterocycles. The van der Waals surface area contributed by atoms with Gasteiger partial charge in [0.2, 0.25) is 6.08 Å². The molecule has 0 amide bonds. The van der Waals surface area contributed by atoms with Crippen LogP contribution in [0.4, 0.5) is 5.69 Å². The van der Waals surface area contributed by atoms with Crippen LogP contribution in [-0.2, 0) is 4.79 Å². The zero-order valence-corrected chi connectivity index (χ0v) is 6.40. The molecule has 0 bridgehead atoms. The quantitative estimate of drug-likeness (QED) is 0.336. The summed E-state index contributed by atoms with van der Waals surface area (Å²) in [6.45, 7) is 0. The fourth-order valence-electron chi connectivity index (χ4n) is 0.602. The lowest BCUT2D eigenvalue weighted by Crippen LogP contribution is -1.84. The Kier molecular flexibility index (Phi) is 2.33. The van der Waals surface area contributed by atoms with E-state index in [1.807, 2.05) is 12.1 Å². The van der Waals surface area contributed by atoms with Crippen molar-refractivity contribution < 1.29 is 4.79 Å². The van der Waals surface area contributed by atoms with Crippen molar-refractivity contribution in [2.75, 3.05) is 0 Å². The smallest absolute Gasteiger partial charge is 0.211 e. The minimum absolute atomic E-state index is 0.640. The van der Waals surface area contributed by atoms with Gasteiger partial charge in [0.15, 0.2) is 0 Å². The summed E-state index contributed by atoms with van der Waals surface area (Å²) in [5.41, 5.74) is 0.640. The molecule has 0 heterocycles. The first kappa shape index (κ1) is 7.14. The maximum absolute atomic E-state index is 9.76. The Bertz CT molecular complexity index is 261. The predicted molar refractivity (Wildman–Crippen MR) is 43.6 cm³/mol. The fourth-order valence-corrected chi connectivity index (χ4v) is 0.794. The van der Waals surface area contributed by atoms with Gasteiger partial charge in [-0.05, 0) is 17.4 Å². The van der Waals surface area contributed by atoms with E-state index in [4.69, 9.17) is 0 Å². The molecule has 3 heteroatoms. The van der Waals surface area contributed by atoms with E-state index in [-0.39, 0.29) is 0 Å². The zero-order valence-electron chi connectivity index (χ0n) is 5.24. The van der Waals surface area contributed by atoms with Crippen LogP contribution >= 0.6 is 9.24 Å².